The molecule has 0 unspecified atom stereocenters. The number of aryl methyl sites for hydroxylation is 1. The first kappa shape index (κ1) is 9.25. The highest BCUT2D eigenvalue weighted by molar-refractivity contribution is 5.94. The maximum Gasteiger partial charge on any atom is 0.248 e. The molecule has 74 valence electrons. The predicted molar refractivity (Wildman–Crippen MR) is 56.4 cm³/mol. The second kappa shape index (κ2) is 3.12. The Balaban J connectivity index is 2.56. The molecule has 0 atom stereocenters. The molecule has 1 aromatic carbocycles. The molecule has 2 heteroatoms. The largest absolute Gasteiger partial charge is 0.366 e. The van der Waals surface area contributed by atoms with Crippen molar-refractivity contribution in [1.29, 1.82) is 0 Å². The van der Waals surface area contributed by atoms with Crippen LogP contribution >= 0.6 is 0 Å². The van der Waals surface area contributed by atoms with Gasteiger partial charge in [-0.2, -0.15) is 0 Å². The third-order valence-corrected chi connectivity index (χ3v) is 2.98. The number of benzene rings is 1. The molecule has 1 saturated carbocycles. The van der Waals surface area contributed by atoms with Crippen molar-refractivity contribution in [2.75, 3.05) is 0 Å². The molecule has 1 amide bonds. The van der Waals surface area contributed by atoms with Gasteiger partial charge in [-0.1, -0.05) is 6.07 Å². The molecule has 1 aliphatic rings. The van der Waals surface area contributed by atoms with Gasteiger partial charge in [-0.15, -0.1) is 0 Å². The Labute approximate surface area is 84.1 Å². The molecule has 0 bridgehead atoms. The number of primary amides is 1. The number of amides is 1. The van der Waals surface area contributed by atoms with Gasteiger partial charge < -0.3 is 5.73 Å². The molecule has 0 spiro atoms. The Hall–Kier alpha value is -1.31. The number of carbonyl (C=O) groups is 1. The van der Waals surface area contributed by atoms with Gasteiger partial charge in [-0.3, -0.25) is 4.79 Å². The summed E-state index contributed by atoms with van der Waals surface area (Å²) in [7, 11) is 0. The van der Waals surface area contributed by atoms with Crippen molar-refractivity contribution in [1.82, 2.24) is 0 Å². The summed E-state index contributed by atoms with van der Waals surface area (Å²) in [5.74, 6) is 0.360. The van der Waals surface area contributed by atoms with Crippen molar-refractivity contribution in [3.05, 3.63) is 34.4 Å². The lowest BCUT2D eigenvalue weighted by molar-refractivity contribution is 0.0999. The maximum atomic E-state index is 11.2. The summed E-state index contributed by atoms with van der Waals surface area (Å²) in [6, 6.07) is 3.83. The monoisotopic (exact) mass is 189 g/mol. The quantitative estimate of drug-likeness (QED) is 0.762. The van der Waals surface area contributed by atoms with Crippen LogP contribution in [0.1, 0.15) is 45.8 Å². The van der Waals surface area contributed by atoms with Crippen LogP contribution in [0.4, 0.5) is 0 Å². The summed E-state index contributed by atoms with van der Waals surface area (Å²) in [5, 5.41) is 0. The second-order valence-electron chi connectivity index (χ2n) is 4.11. The van der Waals surface area contributed by atoms with E-state index in [0.29, 0.717) is 11.5 Å². The summed E-state index contributed by atoms with van der Waals surface area (Å²) in [6.45, 7) is 4.10. The SMILES string of the molecule is Cc1ccc(C(N)=O)c(C)c1C1CC1. The molecule has 1 aliphatic carbocycles. The highest BCUT2D eigenvalue weighted by Crippen LogP contribution is 2.43. The first-order valence-electron chi connectivity index (χ1n) is 5.01. The Bertz CT molecular complexity index is 392. The summed E-state index contributed by atoms with van der Waals surface area (Å²) in [4.78, 5) is 11.2. The van der Waals surface area contributed by atoms with Crippen molar-refractivity contribution >= 4 is 5.91 Å². The fourth-order valence-corrected chi connectivity index (χ4v) is 2.13. The number of rotatable bonds is 2. The first-order chi connectivity index (χ1) is 6.61. The third kappa shape index (κ3) is 1.41. The van der Waals surface area contributed by atoms with Crippen LogP contribution in [0.2, 0.25) is 0 Å². The van der Waals surface area contributed by atoms with E-state index >= 15 is 0 Å². The molecule has 0 aromatic heterocycles. The van der Waals surface area contributed by atoms with Gasteiger partial charge in [0.05, 0.1) is 0 Å². The van der Waals surface area contributed by atoms with Gasteiger partial charge in [0.1, 0.15) is 0 Å². The maximum absolute atomic E-state index is 11.2. The fourth-order valence-electron chi connectivity index (χ4n) is 2.13. The van der Waals surface area contributed by atoms with E-state index in [1.54, 1.807) is 0 Å². The topological polar surface area (TPSA) is 43.1 Å². The molecule has 14 heavy (non-hydrogen) atoms. The minimum atomic E-state index is -0.315. The van der Waals surface area contributed by atoms with Gasteiger partial charge in [-0.05, 0) is 55.4 Å². The van der Waals surface area contributed by atoms with E-state index in [2.05, 4.69) is 6.92 Å². The van der Waals surface area contributed by atoms with E-state index in [0.717, 1.165) is 5.56 Å². The van der Waals surface area contributed by atoms with Crippen LogP contribution in [0.15, 0.2) is 12.1 Å². The Kier molecular flexibility index (Phi) is 2.06. The lowest BCUT2D eigenvalue weighted by Gasteiger charge is -2.11. The zero-order chi connectivity index (χ0) is 10.3. The molecule has 2 nitrogen and oxygen atoms in total. The van der Waals surface area contributed by atoms with E-state index in [1.807, 2.05) is 19.1 Å². The highest BCUT2D eigenvalue weighted by atomic mass is 16.1. The third-order valence-electron chi connectivity index (χ3n) is 2.98. The molecule has 2 N–H and O–H groups in total. The van der Waals surface area contributed by atoms with Crippen LogP contribution in [0.5, 0.6) is 0 Å². The van der Waals surface area contributed by atoms with Gasteiger partial charge in [0.2, 0.25) is 5.91 Å². The fraction of sp³-hybridized carbons (Fsp3) is 0.417. The average Bonchev–Trinajstić information content (AvgIpc) is 2.87. The van der Waals surface area contributed by atoms with Crippen LogP contribution < -0.4 is 5.73 Å². The van der Waals surface area contributed by atoms with Crippen LogP contribution in [-0.2, 0) is 0 Å². The zero-order valence-corrected chi connectivity index (χ0v) is 8.63. The number of hydrogen-bond donors (Lipinski definition) is 1. The predicted octanol–water partition coefficient (Wildman–Crippen LogP) is 2.28. The molecule has 0 radical (unpaired) electrons. The van der Waals surface area contributed by atoms with Crippen LogP contribution in [0, 0.1) is 13.8 Å². The van der Waals surface area contributed by atoms with E-state index in [-0.39, 0.29) is 5.91 Å². The molecule has 2 rings (SSSR count). The number of hydrogen-bond acceptors (Lipinski definition) is 1. The average molecular weight is 189 g/mol. The standard InChI is InChI=1S/C12H15NO/c1-7-3-6-10(12(13)14)8(2)11(7)9-4-5-9/h3,6,9H,4-5H2,1-2H3,(H2,13,14). The molecule has 1 fully saturated rings. The molecular formula is C12H15NO. The van der Waals surface area contributed by atoms with Crippen molar-refractivity contribution < 1.29 is 4.79 Å². The summed E-state index contributed by atoms with van der Waals surface area (Å²) < 4.78 is 0. The van der Waals surface area contributed by atoms with Crippen molar-refractivity contribution in [3.63, 3.8) is 0 Å². The number of carbonyl (C=O) groups excluding carboxylic acids is 1. The minimum Gasteiger partial charge on any atom is -0.366 e. The Morgan fingerprint density at radius 3 is 2.50 bits per heavy atom. The lowest BCUT2D eigenvalue weighted by atomic mass is 9.94. The van der Waals surface area contributed by atoms with Crippen LogP contribution in [-0.4, -0.2) is 5.91 Å². The summed E-state index contributed by atoms with van der Waals surface area (Å²) >= 11 is 0. The van der Waals surface area contributed by atoms with E-state index in [1.165, 1.54) is 24.0 Å². The van der Waals surface area contributed by atoms with Gasteiger partial charge in [0.15, 0.2) is 0 Å². The zero-order valence-electron chi connectivity index (χ0n) is 8.63. The normalized spacial score (nSPS) is 15.6. The van der Waals surface area contributed by atoms with E-state index < -0.39 is 0 Å². The van der Waals surface area contributed by atoms with Gasteiger partial charge in [0.25, 0.3) is 0 Å². The minimum absolute atomic E-state index is 0.315. The first-order valence-corrected chi connectivity index (χ1v) is 5.01. The van der Waals surface area contributed by atoms with Crippen molar-refractivity contribution in [2.45, 2.75) is 32.6 Å². The Morgan fingerprint density at radius 2 is 2.00 bits per heavy atom. The molecule has 0 heterocycles. The second-order valence-corrected chi connectivity index (χ2v) is 4.11. The van der Waals surface area contributed by atoms with Gasteiger partial charge in [0, 0.05) is 5.56 Å². The smallest absolute Gasteiger partial charge is 0.248 e. The van der Waals surface area contributed by atoms with Crippen molar-refractivity contribution in [3.8, 4) is 0 Å². The Morgan fingerprint density at radius 1 is 1.36 bits per heavy atom. The molecule has 1 aromatic rings. The molecule has 0 saturated heterocycles. The highest BCUT2D eigenvalue weighted by Gasteiger charge is 2.27. The summed E-state index contributed by atoms with van der Waals surface area (Å²) in [6.07, 6.45) is 2.51. The summed E-state index contributed by atoms with van der Waals surface area (Å²) in [5.41, 5.74) is 9.71. The van der Waals surface area contributed by atoms with Crippen molar-refractivity contribution in [2.24, 2.45) is 5.73 Å². The van der Waals surface area contributed by atoms with Gasteiger partial charge >= 0.3 is 0 Å². The number of nitrogens with two attached hydrogens (primary N) is 1. The van der Waals surface area contributed by atoms with E-state index in [4.69, 9.17) is 5.73 Å². The van der Waals surface area contributed by atoms with Crippen LogP contribution in [0.25, 0.3) is 0 Å². The molecular weight excluding hydrogens is 174 g/mol. The van der Waals surface area contributed by atoms with Gasteiger partial charge in [-0.25, -0.2) is 0 Å². The van der Waals surface area contributed by atoms with Crippen LogP contribution in [0.3, 0.4) is 0 Å². The lowest BCUT2D eigenvalue weighted by Crippen LogP contribution is -2.14. The molecule has 0 aliphatic heterocycles. The van der Waals surface area contributed by atoms with E-state index in [9.17, 15) is 4.79 Å².